The van der Waals surface area contributed by atoms with Gasteiger partial charge in [0, 0.05) is 31.7 Å². The monoisotopic (exact) mass is 311 g/mol. The van der Waals surface area contributed by atoms with Crippen molar-refractivity contribution >= 4 is 11.7 Å². The maximum atomic E-state index is 13.2. The Kier molecular flexibility index (Phi) is 4.19. The van der Waals surface area contributed by atoms with Crippen LogP contribution in [0.5, 0.6) is 0 Å². The first-order chi connectivity index (χ1) is 10.5. The molecule has 0 radical (unpaired) electrons. The van der Waals surface area contributed by atoms with Crippen LogP contribution < -0.4 is 15.5 Å². The summed E-state index contributed by atoms with van der Waals surface area (Å²) in [5, 5.41) is 13.4. The Morgan fingerprint density at radius 2 is 2.36 bits per heavy atom. The fraction of sp³-hybridized carbons (Fsp3) is 0.643. The summed E-state index contributed by atoms with van der Waals surface area (Å²) in [6.45, 7) is 1.04. The van der Waals surface area contributed by atoms with Gasteiger partial charge in [-0.3, -0.25) is 10.1 Å². The highest BCUT2D eigenvalue weighted by Gasteiger charge is 2.42. The molecule has 1 amide bonds. The quantitative estimate of drug-likeness (QED) is 0.853. The van der Waals surface area contributed by atoms with Crippen LogP contribution in [-0.4, -0.2) is 53.7 Å². The number of carbonyl (C=O) groups excluding carboxylic acids is 1. The topological polar surface area (TPSA) is 70.2 Å². The molecule has 1 aromatic heterocycles. The van der Waals surface area contributed by atoms with E-state index in [1.165, 1.54) is 0 Å². The Morgan fingerprint density at radius 3 is 3.05 bits per heavy atom. The van der Waals surface area contributed by atoms with Crippen LogP contribution >= 0.6 is 0 Å². The van der Waals surface area contributed by atoms with Crippen molar-refractivity contribution in [3.8, 4) is 0 Å². The van der Waals surface area contributed by atoms with Gasteiger partial charge in [-0.2, -0.15) is 5.10 Å². The number of nitrogens with one attached hydrogen (secondary N) is 2. The lowest BCUT2D eigenvalue weighted by Crippen LogP contribution is -2.52. The Balaban J connectivity index is 1.56. The molecule has 0 aliphatic carbocycles. The van der Waals surface area contributed by atoms with Gasteiger partial charge in [-0.15, -0.1) is 5.10 Å². The Bertz CT molecular complexity index is 527. The third-order valence-electron chi connectivity index (χ3n) is 4.08. The van der Waals surface area contributed by atoms with E-state index in [9.17, 15) is 13.6 Å². The van der Waals surface area contributed by atoms with Crippen LogP contribution in [0.1, 0.15) is 19.3 Å². The molecule has 2 saturated heterocycles. The van der Waals surface area contributed by atoms with Gasteiger partial charge in [-0.05, 0) is 25.0 Å². The lowest BCUT2D eigenvalue weighted by molar-refractivity contribution is -0.124. The maximum absolute atomic E-state index is 13.2. The highest BCUT2D eigenvalue weighted by molar-refractivity contribution is 5.82. The van der Waals surface area contributed by atoms with Crippen molar-refractivity contribution in [1.82, 2.24) is 20.8 Å². The Morgan fingerprint density at radius 1 is 1.50 bits per heavy atom. The van der Waals surface area contributed by atoms with Gasteiger partial charge >= 0.3 is 0 Å². The Hall–Kier alpha value is -1.83. The number of carbonyl (C=O) groups is 1. The number of hydrogen-bond donors (Lipinski definition) is 2. The predicted molar refractivity (Wildman–Crippen MR) is 76.8 cm³/mol. The van der Waals surface area contributed by atoms with Crippen LogP contribution in [0.2, 0.25) is 0 Å². The zero-order valence-corrected chi connectivity index (χ0v) is 12.1. The third kappa shape index (κ3) is 3.49. The van der Waals surface area contributed by atoms with E-state index >= 15 is 0 Å². The van der Waals surface area contributed by atoms with Crippen molar-refractivity contribution < 1.29 is 13.6 Å². The van der Waals surface area contributed by atoms with Gasteiger partial charge in [0.25, 0.3) is 5.92 Å². The fourth-order valence-corrected chi connectivity index (χ4v) is 2.97. The molecule has 3 heterocycles. The molecule has 2 N–H and O–H groups in total. The van der Waals surface area contributed by atoms with Crippen molar-refractivity contribution in [3.05, 3.63) is 18.3 Å². The molecule has 1 aromatic rings. The normalized spacial score (nSPS) is 27.6. The van der Waals surface area contributed by atoms with E-state index in [0.29, 0.717) is 6.54 Å². The van der Waals surface area contributed by atoms with Crippen LogP contribution in [0.4, 0.5) is 14.6 Å². The average molecular weight is 311 g/mol. The zero-order chi connectivity index (χ0) is 15.6. The minimum atomic E-state index is -2.79. The third-order valence-corrected chi connectivity index (χ3v) is 4.08. The van der Waals surface area contributed by atoms with E-state index in [2.05, 4.69) is 25.7 Å². The molecule has 8 heteroatoms. The minimum absolute atomic E-state index is 0.0562. The van der Waals surface area contributed by atoms with E-state index in [1.54, 1.807) is 6.20 Å². The first-order valence-corrected chi connectivity index (χ1v) is 7.48. The largest absolute Gasteiger partial charge is 0.353 e. The van der Waals surface area contributed by atoms with E-state index in [0.717, 1.165) is 25.2 Å². The van der Waals surface area contributed by atoms with Gasteiger partial charge in [-0.1, -0.05) is 0 Å². The number of aromatic nitrogens is 2. The highest BCUT2D eigenvalue weighted by atomic mass is 19.3. The van der Waals surface area contributed by atoms with Crippen molar-refractivity contribution in [2.24, 2.45) is 0 Å². The SMILES string of the molecule is O=C(NC1CCCN(c2cccnn2)C1)C1CC(F)(F)CN1. The summed E-state index contributed by atoms with van der Waals surface area (Å²) in [4.78, 5) is 14.1. The molecule has 120 valence electrons. The van der Waals surface area contributed by atoms with Crippen LogP contribution in [0.3, 0.4) is 0 Å². The van der Waals surface area contributed by atoms with E-state index in [4.69, 9.17) is 0 Å². The van der Waals surface area contributed by atoms with Crippen LogP contribution in [0, 0.1) is 0 Å². The predicted octanol–water partition coefficient (Wildman–Crippen LogP) is 0.559. The van der Waals surface area contributed by atoms with Gasteiger partial charge in [0.2, 0.25) is 5.91 Å². The molecule has 6 nitrogen and oxygen atoms in total. The zero-order valence-electron chi connectivity index (χ0n) is 12.1. The van der Waals surface area contributed by atoms with E-state index < -0.39 is 24.9 Å². The van der Waals surface area contributed by atoms with Gasteiger partial charge in [0.15, 0.2) is 5.82 Å². The smallest absolute Gasteiger partial charge is 0.262 e. The number of rotatable bonds is 3. The van der Waals surface area contributed by atoms with Crippen molar-refractivity contribution in [2.45, 2.75) is 37.3 Å². The molecule has 0 aromatic carbocycles. The molecule has 2 aliphatic heterocycles. The molecule has 22 heavy (non-hydrogen) atoms. The molecule has 0 bridgehead atoms. The summed E-state index contributed by atoms with van der Waals surface area (Å²) in [5.74, 6) is -2.37. The Labute approximate surface area is 127 Å². The minimum Gasteiger partial charge on any atom is -0.353 e. The van der Waals surface area contributed by atoms with Gasteiger partial charge in [0.05, 0.1) is 12.6 Å². The molecule has 2 fully saturated rings. The second-order valence-corrected chi connectivity index (χ2v) is 5.87. The molecule has 2 atom stereocenters. The highest BCUT2D eigenvalue weighted by Crippen LogP contribution is 2.25. The molecule has 2 aliphatic rings. The summed E-state index contributed by atoms with van der Waals surface area (Å²) >= 11 is 0. The van der Waals surface area contributed by atoms with Gasteiger partial charge in [0.1, 0.15) is 0 Å². The van der Waals surface area contributed by atoms with Crippen LogP contribution in [-0.2, 0) is 4.79 Å². The number of piperidine rings is 1. The van der Waals surface area contributed by atoms with Crippen LogP contribution in [0.15, 0.2) is 18.3 Å². The lowest BCUT2D eigenvalue weighted by atomic mass is 10.0. The van der Waals surface area contributed by atoms with Crippen molar-refractivity contribution in [1.29, 1.82) is 0 Å². The number of hydrogen-bond acceptors (Lipinski definition) is 5. The summed E-state index contributed by atoms with van der Waals surface area (Å²) in [5.41, 5.74) is 0. The number of anilines is 1. The standard InChI is InChI=1S/C14H19F2N5O/c15-14(16)7-11(17-9-14)13(22)19-10-3-2-6-21(8-10)12-4-1-5-18-20-12/h1,4-5,10-11,17H,2-3,6-9H2,(H,19,22). The lowest BCUT2D eigenvalue weighted by Gasteiger charge is -2.34. The molecule has 2 unspecified atom stereocenters. The number of amides is 1. The summed E-state index contributed by atoms with van der Waals surface area (Å²) in [7, 11) is 0. The summed E-state index contributed by atoms with van der Waals surface area (Å²) < 4.78 is 26.3. The first-order valence-electron chi connectivity index (χ1n) is 7.48. The maximum Gasteiger partial charge on any atom is 0.262 e. The van der Waals surface area contributed by atoms with Crippen molar-refractivity contribution in [3.63, 3.8) is 0 Å². The van der Waals surface area contributed by atoms with Crippen molar-refractivity contribution in [2.75, 3.05) is 24.5 Å². The molecule has 3 rings (SSSR count). The fourth-order valence-electron chi connectivity index (χ4n) is 2.97. The van der Waals surface area contributed by atoms with E-state index in [1.807, 2.05) is 12.1 Å². The first kappa shape index (κ1) is 15.1. The summed E-state index contributed by atoms with van der Waals surface area (Å²) in [6, 6.07) is 2.83. The van der Waals surface area contributed by atoms with Gasteiger partial charge in [-0.25, -0.2) is 8.78 Å². The number of halogens is 2. The summed E-state index contributed by atoms with van der Waals surface area (Å²) in [6.07, 6.45) is 2.93. The second-order valence-electron chi connectivity index (χ2n) is 5.87. The molecular weight excluding hydrogens is 292 g/mol. The van der Waals surface area contributed by atoms with Crippen LogP contribution in [0.25, 0.3) is 0 Å². The number of alkyl halides is 2. The second kappa shape index (κ2) is 6.12. The molecule has 0 saturated carbocycles. The molecule has 0 spiro atoms. The average Bonchev–Trinajstić information content (AvgIpc) is 2.89. The molecular formula is C14H19F2N5O. The van der Waals surface area contributed by atoms with Gasteiger partial charge < -0.3 is 10.2 Å². The number of nitrogens with zero attached hydrogens (tertiary/aromatic N) is 3. The van der Waals surface area contributed by atoms with E-state index in [-0.39, 0.29) is 11.9 Å².